The van der Waals surface area contributed by atoms with Gasteiger partial charge >= 0.3 is 0 Å². The number of benzene rings is 2. The Bertz CT molecular complexity index is 816. The van der Waals surface area contributed by atoms with E-state index in [0.717, 1.165) is 28.5 Å². The second kappa shape index (κ2) is 6.60. The third-order valence-electron chi connectivity index (χ3n) is 3.44. The molecule has 2 amide bonds. The van der Waals surface area contributed by atoms with Gasteiger partial charge in [0, 0.05) is 5.02 Å². The molecule has 1 aliphatic rings. The van der Waals surface area contributed by atoms with Crippen LogP contribution >= 0.6 is 23.4 Å². The number of rotatable bonds is 3. The molecule has 0 atom stereocenters. The van der Waals surface area contributed by atoms with Gasteiger partial charge in [-0.15, -0.1) is 0 Å². The fraction of sp³-hybridized carbons (Fsp3) is 0.111. The second-order valence-corrected chi connectivity index (χ2v) is 6.74. The Kier molecular flexibility index (Phi) is 4.55. The lowest BCUT2D eigenvalue weighted by Crippen LogP contribution is -2.27. The number of aryl methyl sites for hydroxylation is 1. The van der Waals surface area contributed by atoms with Crippen molar-refractivity contribution in [2.75, 3.05) is 0 Å². The summed E-state index contributed by atoms with van der Waals surface area (Å²) in [6, 6.07) is 15.0. The molecular formula is C18H14ClNO2S. The summed E-state index contributed by atoms with van der Waals surface area (Å²) in [7, 11) is 0. The highest BCUT2D eigenvalue weighted by Crippen LogP contribution is 2.33. The van der Waals surface area contributed by atoms with E-state index in [1.165, 1.54) is 4.90 Å². The van der Waals surface area contributed by atoms with Gasteiger partial charge in [-0.05, 0) is 48.0 Å². The smallest absolute Gasteiger partial charge is 0.268 e. The van der Waals surface area contributed by atoms with E-state index < -0.39 is 0 Å². The molecule has 0 spiro atoms. The van der Waals surface area contributed by atoms with Crippen LogP contribution in [0.25, 0.3) is 6.08 Å². The molecule has 1 aliphatic heterocycles. The van der Waals surface area contributed by atoms with Crippen molar-refractivity contribution in [2.24, 2.45) is 0 Å². The van der Waals surface area contributed by atoms with Gasteiger partial charge in [-0.1, -0.05) is 53.6 Å². The molecule has 3 rings (SSSR count). The number of thioether (sulfide) groups is 1. The van der Waals surface area contributed by atoms with Gasteiger partial charge in [-0.2, -0.15) is 0 Å². The van der Waals surface area contributed by atoms with Gasteiger partial charge < -0.3 is 0 Å². The molecule has 2 aromatic carbocycles. The number of carbonyl (C=O) groups is 2. The lowest BCUT2D eigenvalue weighted by atomic mass is 10.1. The monoisotopic (exact) mass is 343 g/mol. The van der Waals surface area contributed by atoms with Crippen molar-refractivity contribution in [1.29, 1.82) is 0 Å². The number of hydrogen-bond donors (Lipinski definition) is 0. The van der Waals surface area contributed by atoms with Gasteiger partial charge in [0.15, 0.2) is 0 Å². The van der Waals surface area contributed by atoms with Crippen molar-refractivity contribution in [3.8, 4) is 0 Å². The molecule has 0 aromatic heterocycles. The minimum Gasteiger partial charge on any atom is -0.268 e. The first-order valence-corrected chi connectivity index (χ1v) is 8.29. The Morgan fingerprint density at radius 1 is 1.13 bits per heavy atom. The SMILES string of the molecule is Cc1cccc(CN2C(=O)S/C(=C/c3cccc(Cl)c3)C2=O)c1. The predicted molar refractivity (Wildman–Crippen MR) is 94.1 cm³/mol. The van der Waals surface area contributed by atoms with Gasteiger partial charge in [-0.25, -0.2) is 0 Å². The minimum absolute atomic E-state index is 0.246. The molecule has 0 unspecified atom stereocenters. The predicted octanol–water partition coefficient (Wildman–Crippen LogP) is 4.88. The number of carbonyl (C=O) groups excluding carboxylic acids is 2. The van der Waals surface area contributed by atoms with Crippen molar-refractivity contribution >= 4 is 40.6 Å². The molecule has 0 bridgehead atoms. The summed E-state index contributed by atoms with van der Waals surface area (Å²) in [5, 5.41) is 0.350. The summed E-state index contributed by atoms with van der Waals surface area (Å²) in [5.41, 5.74) is 2.85. The van der Waals surface area contributed by atoms with Crippen molar-refractivity contribution in [1.82, 2.24) is 4.90 Å². The molecule has 2 aromatic rings. The molecule has 1 saturated heterocycles. The zero-order chi connectivity index (χ0) is 16.4. The van der Waals surface area contributed by atoms with Gasteiger partial charge in [0.25, 0.3) is 11.1 Å². The maximum Gasteiger partial charge on any atom is 0.293 e. The van der Waals surface area contributed by atoms with E-state index in [1.807, 2.05) is 43.3 Å². The van der Waals surface area contributed by atoms with E-state index in [-0.39, 0.29) is 11.1 Å². The zero-order valence-electron chi connectivity index (χ0n) is 12.5. The highest BCUT2D eigenvalue weighted by atomic mass is 35.5. The van der Waals surface area contributed by atoms with E-state index in [0.29, 0.717) is 16.5 Å². The highest BCUT2D eigenvalue weighted by Gasteiger charge is 2.34. The summed E-state index contributed by atoms with van der Waals surface area (Å²) < 4.78 is 0. The maximum atomic E-state index is 12.5. The Balaban J connectivity index is 1.82. The number of imide groups is 1. The summed E-state index contributed by atoms with van der Waals surface area (Å²) in [5.74, 6) is -0.263. The van der Waals surface area contributed by atoms with E-state index in [1.54, 1.807) is 18.2 Å². The number of nitrogens with zero attached hydrogens (tertiary/aromatic N) is 1. The average molecular weight is 344 g/mol. The molecule has 0 radical (unpaired) electrons. The van der Waals surface area contributed by atoms with Crippen LogP contribution < -0.4 is 0 Å². The fourth-order valence-corrected chi connectivity index (χ4v) is 3.41. The number of halogens is 1. The fourth-order valence-electron chi connectivity index (χ4n) is 2.38. The van der Waals surface area contributed by atoms with E-state index in [2.05, 4.69) is 0 Å². The van der Waals surface area contributed by atoms with Crippen molar-refractivity contribution in [3.63, 3.8) is 0 Å². The Hall–Kier alpha value is -2.04. The van der Waals surface area contributed by atoms with Gasteiger partial charge in [0.2, 0.25) is 0 Å². The first-order chi connectivity index (χ1) is 11.0. The second-order valence-electron chi connectivity index (χ2n) is 5.31. The van der Waals surface area contributed by atoms with Crippen LogP contribution in [0, 0.1) is 6.92 Å². The van der Waals surface area contributed by atoms with Gasteiger partial charge in [0.05, 0.1) is 11.4 Å². The Morgan fingerprint density at radius 3 is 2.65 bits per heavy atom. The summed E-state index contributed by atoms with van der Waals surface area (Å²) in [6.07, 6.45) is 1.70. The summed E-state index contributed by atoms with van der Waals surface area (Å²) in [6.45, 7) is 2.27. The topological polar surface area (TPSA) is 37.4 Å². The first-order valence-electron chi connectivity index (χ1n) is 7.09. The van der Waals surface area contributed by atoms with Gasteiger partial charge in [0.1, 0.15) is 0 Å². The number of amides is 2. The largest absolute Gasteiger partial charge is 0.293 e. The minimum atomic E-state index is -0.263. The Morgan fingerprint density at radius 2 is 1.91 bits per heavy atom. The van der Waals surface area contributed by atoms with Crippen LogP contribution in [0.15, 0.2) is 53.4 Å². The third-order valence-corrected chi connectivity index (χ3v) is 4.59. The van der Waals surface area contributed by atoms with Crippen molar-refractivity contribution in [2.45, 2.75) is 13.5 Å². The van der Waals surface area contributed by atoms with Crippen molar-refractivity contribution in [3.05, 3.63) is 75.1 Å². The van der Waals surface area contributed by atoms with E-state index in [9.17, 15) is 9.59 Å². The third kappa shape index (κ3) is 3.66. The van der Waals surface area contributed by atoms with Crippen LogP contribution in [0.5, 0.6) is 0 Å². The van der Waals surface area contributed by atoms with E-state index in [4.69, 9.17) is 11.6 Å². The van der Waals surface area contributed by atoms with Gasteiger partial charge in [-0.3, -0.25) is 14.5 Å². The maximum absolute atomic E-state index is 12.5. The summed E-state index contributed by atoms with van der Waals surface area (Å²) in [4.78, 5) is 26.3. The standard InChI is InChI=1S/C18H14ClNO2S/c1-12-4-2-6-14(8-12)11-20-17(21)16(23-18(20)22)10-13-5-3-7-15(19)9-13/h2-10H,11H2,1H3/b16-10+. The Labute approximate surface area is 143 Å². The molecule has 5 heteroatoms. The highest BCUT2D eigenvalue weighted by molar-refractivity contribution is 8.18. The van der Waals surface area contributed by atoms with Crippen LogP contribution in [-0.4, -0.2) is 16.0 Å². The van der Waals surface area contributed by atoms with Crippen LogP contribution in [0.2, 0.25) is 5.02 Å². The molecule has 23 heavy (non-hydrogen) atoms. The molecule has 116 valence electrons. The molecule has 3 nitrogen and oxygen atoms in total. The van der Waals surface area contributed by atoms with Crippen LogP contribution in [0.1, 0.15) is 16.7 Å². The molecule has 0 aliphatic carbocycles. The van der Waals surface area contributed by atoms with E-state index >= 15 is 0 Å². The van der Waals surface area contributed by atoms with Crippen molar-refractivity contribution < 1.29 is 9.59 Å². The lowest BCUT2D eigenvalue weighted by Gasteiger charge is -2.12. The zero-order valence-corrected chi connectivity index (χ0v) is 14.0. The molecule has 1 heterocycles. The lowest BCUT2D eigenvalue weighted by molar-refractivity contribution is -0.123. The molecule has 0 N–H and O–H groups in total. The quantitative estimate of drug-likeness (QED) is 0.745. The van der Waals surface area contributed by atoms with Crippen LogP contribution in [0.3, 0.4) is 0 Å². The summed E-state index contributed by atoms with van der Waals surface area (Å²) >= 11 is 6.91. The number of hydrogen-bond acceptors (Lipinski definition) is 3. The average Bonchev–Trinajstić information content (AvgIpc) is 2.75. The van der Waals surface area contributed by atoms with Crippen LogP contribution in [-0.2, 0) is 11.3 Å². The molecular weight excluding hydrogens is 330 g/mol. The normalized spacial score (nSPS) is 16.4. The first kappa shape index (κ1) is 15.8. The molecule has 0 saturated carbocycles. The molecule has 1 fully saturated rings. The van der Waals surface area contributed by atoms with Crippen LogP contribution in [0.4, 0.5) is 4.79 Å².